The molecule has 2 N–H and O–H groups in total. The number of hydrogen-bond donors (Lipinski definition) is 2. The number of nitrogens with one attached hydrogen (secondary N) is 2. The van der Waals surface area contributed by atoms with E-state index in [1.807, 2.05) is 14.1 Å². The van der Waals surface area contributed by atoms with Crippen LogP contribution in [0.1, 0.15) is 50.8 Å². The molecule has 1 rings (SSSR count). The maximum atomic E-state index is 5.45. The van der Waals surface area contributed by atoms with Crippen molar-refractivity contribution in [3.8, 4) is 5.75 Å². The normalized spacial score (nSPS) is 13.7. The second-order valence-electron chi connectivity index (χ2n) is 5.85. The Morgan fingerprint density at radius 1 is 1.16 bits per heavy atom. The molecule has 108 valence electrons. The van der Waals surface area contributed by atoms with Gasteiger partial charge in [0.2, 0.25) is 0 Å². The summed E-state index contributed by atoms with van der Waals surface area (Å²) in [4.78, 5) is 0. The number of likely N-dealkylation sites (N-methyl/N-ethyl adjacent to an activating group) is 2. The maximum absolute atomic E-state index is 5.45. The van der Waals surface area contributed by atoms with Crippen LogP contribution in [-0.2, 0) is 0 Å². The average Bonchev–Trinajstić information content (AvgIpc) is 2.39. The topological polar surface area (TPSA) is 33.3 Å². The lowest BCUT2D eigenvalue weighted by Crippen LogP contribution is -2.47. The molecule has 1 atom stereocenters. The van der Waals surface area contributed by atoms with E-state index in [2.05, 4.69) is 56.5 Å². The molecule has 0 aliphatic rings. The molecular formula is C16H28N2O. The predicted octanol–water partition coefficient (Wildman–Crippen LogP) is 3.08. The minimum absolute atomic E-state index is 0.0163. The maximum Gasteiger partial charge on any atom is 0.122 e. The van der Waals surface area contributed by atoms with Crippen LogP contribution in [0.15, 0.2) is 18.2 Å². The Labute approximate surface area is 117 Å². The van der Waals surface area contributed by atoms with Crippen molar-refractivity contribution in [3.63, 3.8) is 0 Å². The van der Waals surface area contributed by atoms with E-state index >= 15 is 0 Å². The fourth-order valence-electron chi connectivity index (χ4n) is 2.47. The van der Waals surface area contributed by atoms with E-state index in [4.69, 9.17) is 4.74 Å². The highest BCUT2D eigenvalue weighted by Gasteiger charge is 2.28. The number of benzene rings is 1. The molecule has 0 bridgehead atoms. The van der Waals surface area contributed by atoms with Gasteiger partial charge in [0.15, 0.2) is 0 Å². The van der Waals surface area contributed by atoms with Crippen molar-refractivity contribution in [2.45, 2.75) is 45.2 Å². The van der Waals surface area contributed by atoms with Gasteiger partial charge in [-0.15, -0.1) is 0 Å². The first kappa shape index (κ1) is 16.0. The Morgan fingerprint density at radius 3 is 2.21 bits per heavy atom. The molecule has 0 saturated heterocycles. The zero-order valence-corrected chi connectivity index (χ0v) is 13.3. The minimum atomic E-state index is -0.0163. The summed E-state index contributed by atoms with van der Waals surface area (Å²) >= 11 is 0. The Hall–Kier alpha value is -1.06. The Balaban J connectivity index is 3.23. The quantitative estimate of drug-likeness (QED) is 0.828. The van der Waals surface area contributed by atoms with Crippen LogP contribution >= 0.6 is 0 Å². The molecule has 3 heteroatoms. The van der Waals surface area contributed by atoms with Crippen LogP contribution in [0.3, 0.4) is 0 Å². The molecule has 19 heavy (non-hydrogen) atoms. The smallest absolute Gasteiger partial charge is 0.122 e. The van der Waals surface area contributed by atoms with Gasteiger partial charge >= 0.3 is 0 Å². The van der Waals surface area contributed by atoms with E-state index in [0.717, 1.165) is 5.75 Å². The lowest BCUT2D eigenvalue weighted by molar-refractivity contribution is 0.310. The van der Waals surface area contributed by atoms with Crippen LogP contribution in [-0.4, -0.2) is 26.7 Å². The fourth-order valence-corrected chi connectivity index (χ4v) is 2.47. The summed E-state index contributed by atoms with van der Waals surface area (Å²) in [5.74, 6) is 1.42. The first-order valence-corrected chi connectivity index (χ1v) is 6.91. The van der Waals surface area contributed by atoms with Crippen LogP contribution in [0.5, 0.6) is 5.75 Å². The summed E-state index contributed by atoms with van der Waals surface area (Å²) < 4.78 is 5.45. The van der Waals surface area contributed by atoms with Crippen molar-refractivity contribution in [1.29, 1.82) is 0 Å². The molecule has 0 radical (unpaired) electrons. The van der Waals surface area contributed by atoms with Crippen molar-refractivity contribution in [2.24, 2.45) is 0 Å². The van der Waals surface area contributed by atoms with Gasteiger partial charge in [0, 0.05) is 11.6 Å². The minimum Gasteiger partial charge on any atom is -0.496 e. The number of ether oxygens (including phenoxy) is 1. The third-order valence-corrected chi connectivity index (χ3v) is 3.86. The molecule has 1 aromatic carbocycles. The summed E-state index contributed by atoms with van der Waals surface area (Å²) in [5.41, 5.74) is 2.52. The largest absolute Gasteiger partial charge is 0.496 e. The highest BCUT2D eigenvalue weighted by atomic mass is 16.5. The predicted molar refractivity (Wildman–Crippen MR) is 82.0 cm³/mol. The summed E-state index contributed by atoms with van der Waals surface area (Å²) in [5, 5.41) is 6.78. The summed E-state index contributed by atoms with van der Waals surface area (Å²) in [6.07, 6.45) is 0. The second kappa shape index (κ2) is 6.40. The molecule has 3 nitrogen and oxygen atoms in total. The molecule has 0 aliphatic heterocycles. The van der Waals surface area contributed by atoms with Gasteiger partial charge in [0.05, 0.1) is 7.11 Å². The molecule has 0 aliphatic carbocycles. The molecule has 0 heterocycles. The first-order valence-electron chi connectivity index (χ1n) is 6.91. The summed E-state index contributed by atoms with van der Waals surface area (Å²) in [7, 11) is 5.73. The van der Waals surface area contributed by atoms with Gasteiger partial charge in [-0.05, 0) is 51.1 Å². The van der Waals surface area contributed by atoms with Crippen molar-refractivity contribution in [3.05, 3.63) is 29.3 Å². The second-order valence-corrected chi connectivity index (χ2v) is 5.85. The molecule has 0 saturated carbocycles. The Morgan fingerprint density at radius 2 is 1.79 bits per heavy atom. The van der Waals surface area contributed by atoms with Crippen LogP contribution in [0.4, 0.5) is 0 Å². The van der Waals surface area contributed by atoms with Crippen LogP contribution in [0.2, 0.25) is 0 Å². The van der Waals surface area contributed by atoms with E-state index in [1.165, 1.54) is 11.1 Å². The van der Waals surface area contributed by atoms with E-state index in [9.17, 15) is 0 Å². The fraction of sp³-hybridized carbons (Fsp3) is 0.625. The van der Waals surface area contributed by atoms with E-state index in [1.54, 1.807) is 7.11 Å². The number of methoxy groups -OCH3 is 1. The Bertz CT molecular complexity index is 413. The molecular weight excluding hydrogens is 236 g/mol. The standard InChI is InChI=1S/C16H28N2O/c1-11(2)13-10-12(8-9-14(13)19-7)15(17-5)16(3,4)18-6/h8-11,15,17-18H,1-7H3. The first-order chi connectivity index (χ1) is 8.87. The lowest BCUT2D eigenvalue weighted by Gasteiger charge is -2.35. The van der Waals surface area contributed by atoms with Crippen LogP contribution < -0.4 is 15.4 Å². The van der Waals surface area contributed by atoms with Crippen LogP contribution in [0.25, 0.3) is 0 Å². The molecule has 0 amide bonds. The monoisotopic (exact) mass is 264 g/mol. The Kier molecular flexibility index (Phi) is 5.39. The highest BCUT2D eigenvalue weighted by Crippen LogP contribution is 2.32. The molecule has 1 aromatic rings. The van der Waals surface area contributed by atoms with Gasteiger partial charge in [-0.25, -0.2) is 0 Å². The van der Waals surface area contributed by atoms with Gasteiger partial charge in [0.1, 0.15) is 5.75 Å². The van der Waals surface area contributed by atoms with E-state index in [0.29, 0.717) is 5.92 Å². The summed E-state index contributed by atoms with van der Waals surface area (Å²) in [6, 6.07) is 6.72. The summed E-state index contributed by atoms with van der Waals surface area (Å²) in [6.45, 7) is 8.79. The zero-order valence-electron chi connectivity index (χ0n) is 13.3. The van der Waals surface area contributed by atoms with Crippen LogP contribution in [0, 0.1) is 0 Å². The van der Waals surface area contributed by atoms with Gasteiger partial charge in [-0.1, -0.05) is 26.0 Å². The van der Waals surface area contributed by atoms with E-state index < -0.39 is 0 Å². The SMILES string of the molecule is CNC(c1ccc(OC)c(C(C)C)c1)C(C)(C)NC. The lowest BCUT2D eigenvalue weighted by atomic mass is 9.86. The molecule has 0 spiro atoms. The van der Waals surface area contributed by atoms with E-state index in [-0.39, 0.29) is 11.6 Å². The number of rotatable bonds is 6. The van der Waals surface area contributed by atoms with Crippen molar-refractivity contribution >= 4 is 0 Å². The van der Waals surface area contributed by atoms with Crippen molar-refractivity contribution in [1.82, 2.24) is 10.6 Å². The van der Waals surface area contributed by atoms with Gasteiger partial charge in [-0.3, -0.25) is 0 Å². The third-order valence-electron chi connectivity index (χ3n) is 3.86. The zero-order chi connectivity index (χ0) is 14.6. The van der Waals surface area contributed by atoms with Crippen molar-refractivity contribution in [2.75, 3.05) is 21.2 Å². The van der Waals surface area contributed by atoms with Gasteiger partial charge in [0.25, 0.3) is 0 Å². The third kappa shape index (κ3) is 3.48. The van der Waals surface area contributed by atoms with Crippen molar-refractivity contribution < 1.29 is 4.74 Å². The van der Waals surface area contributed by atoms with Gasteiger partial charge < -0.3 is 15.4 Å². The molecule has 0 fully saturated rings. The molecule has 0 aromatic heterocycles. The number of hydrogen-bond acceptors (Lipinski definition) is 3. The van der Waals surface area contributed by atoms with Gasteiger partial charge in [-0.2, -0.15) is 0 Å². The molecule has 1 unspecified atom stereocenters. The average molecular weight is 264 g/mol. The highest BCUT2D eigenvalue weighted by molar-refractivity contribution is 5.41.